The van der Waals surface area contributed by atoms with Crippen molar-refractivity contribution in [2.45, 2.75) is 45.1 Å². The Bertz CT molecular complexity index is 337. The van der Waals surface area contributed by atoms with Gasteiger partial charge in [0.1, 0.15) is 5.69 Å². The third kappa shape index (κ3) is 2.61. The molecule has 16 heavy (non-hydrogen) atoms. The standard InChI is InChI=1S/C12H18N2OS/c1-2-9-5-3-4-6-10(9)14-12(15)11-7-16-8-13-11/h7-10H,2-6H2,1H3,(H,14,15). The van der Waals surface area contributed by atoms with E-state index in [4.69, 9.17) is 0 Å². The molecular formula is C12H18N2OS. The minimum Gasteiger partial charge on any atom is -0.348 e. The Kier molecular flexibility index (Phi) is 3.93. The van der Waals surface area contributed by atoms with Crippen LogP contribution in [0.3, 0.4) is 0 Å². The molecule has 2 atom stereocenters. The molecule has 1 aliphatic carbocycles. The molecule has 3 nitrogen and oxygen atoms in total. The number of thiazole rings is 1. The normalized spacial score (nSPS) is 25.3. The topological polar surface area (TPSA) is 42.0 Å². The maximum Gasteiger partial charge on any atom is 0.270 e. The van der Waals surface area contributed by atoms with Gasteiger partial charge in [-0.25, -0.2) is 4.98 Å². The van der Waals surface area contributed by atoms with Crippen LogP contribution < -0.4 is 5.32 Å². The van der Waals surface area contributed by atoms with Gasteiger partial charge < -0.3 is 5.32 Å². The molecular weight excluding hydrogens is 220 g/mol. The van der Waals surface area contributed by atoms with Gasteiger partial charge in [-0.15, -0.1) is 11.3 Å². The number of carbonyl (C=O) groups is 1. The fourth-order valence-electron chi connectivity index (χ4n) is 2.45. The fraction of sp³-hybridized carbons (Fsp3) is 0.667. The van der Waals surface area contributed by atoms with Crippen LogP contribution in [0, 0.1) is 5.92 Å². The second-order valence-electron chi connectivity index (χ2n) is 4.41. The van der Waals surface area contributed by atoms with Gasteiger partial charge in [0, 0.05) is 11.4 Å². The fourth-order valence-corrected chi connectivity index (χ4v) is 2.99. The second kappa shape index (κ2) is 5.43. The Hall–Kier alpha value is -0.900. The van der Waals surface area contributed by atoms with Gasteiger partial charge in [0.15, 0.2) is 0 Å². The summed E-state index contributed by atoms with van der Waals surface area (Å²) >= 11 is 1.46. The van der Waals surface area contributed by atoms with Crippen molar-refractivity contribution in [3.8, 4) is 0 Å². The van der Waals surface area contributed by atoms with Crippen molar-refractivity contribution in [1.29, 1.82) is 0 Å². The average Bonchev–Trinajstić information content (AvgIpc) is 2.83. The molecule has 0 aromatic carbocycles. The summed E-state index contributed by atoms with van der Waals surface area (Å²) in [6.07, 6.45) is 6.06. The Morgan fingerprint density at radius 3 is 3.06 bits per heavy atom. The smallest absolute Gasteiger partial charge is 0.270 e. The molecule has 88 valence electrons. The Morgan fingerprint density at radius 1 is 1.56 bits per heavy atom. The first-order valence-corrected chi connectivity index (χ1v) is 6.94. The zero-order chi connectivity index (χ0) is 11.4. The summed E-state index contributed by atoms with van der Waals surface area (Å²) < 4.78 is 0. The molecule has 0 bridgehead atoms. The molecule has 2 unspecified atom stereocenters. The summed E-state index contributed by atoms with van der Waals surface area (Å²) in [6, 6.07) is 0.355. The lowest BCUT2D eigenvalue weighted by molar-refractivity contribution is 0.0900. The van der Waals surface area contributed by atoms with E-state index in [0.29, 0.717) is 17.7 Å². The van der Waals surface area contributed by atoms with Crippen molar-refractivity contribution in [1.82, 2.24) is 10.3 Å². The van der Waals surface area contributed by atoms with Crippen molar-refractivity contribution in [2.24, 2.45) is 5.92 Å². The van der Waals surface area contributed by atoms with Crippen LogP contribution in [0.15, 0.2) is 10.9 Å². The largest absolute Gasteiger partial charge is 0.348 e. The summed E-state index contributed by atoms with van der Waals surface area (Å²) in [5, 5.41) is 4.93. The van der Waals surface area contributed by atoms with Crippen LogP contribution in [-0.2, 0) is 0 Å². The van der Waals surface area contributed by atoms with E-state index in [1.54, 1.807) is 10.9 Å². The van der Waals surface area contributed by atoms with Gasteiger partial charge in [-0.1, -0.05) is 26.2 Å². The van der Waals surface area contributed by atoms with E-state index in [2.05, 4.69) is 17.2 Å². The van der Waals surface area contributed by atoms with Gasteiger partial charge in [0.2, 0.25) is 0 Å². The Labute approximate surface area is 100 Å². The highest BCUT2D eigenvalue weighted by Crippen LogP contribution is 2.26. The van der Waals surface area contributed by atoms with Crippen LogP contribution in [-0.4, -0.2) is 16.9 Å². The SMILES string of the molecule is CCC1CCCCC1NC(=O)c1cscn1. The van der Waals surface area contributed by atoms with Crippen molar-refractivity contribution in [3.05, 3.63) is 16.6 Å². The molecule has 1 aromatic rings. The number of aromatic nitrogens is 1. The zero-order valence-electron chi connectivity index (χ0n) is 9.61. The van der Waals surface area contributed by atoms with Crippen molar-refractivity contribution < 1.29 is 4.79 Å². The lowest BCUT2D eigenvalue weighted by Crippen LogP contribution is -2.42. The third-order valence-corrected chi connectivity index (χ3v) is 4.00. The minimum absolute atomic E-state index is 0.00778. The van der Waals surface area contributed by atoms with Gasteiger partial charge in [0.05, 0.1) is 5.51 Å². The summed E-state index contributed by atoms with van der Waals surface area (Å²) in [7, 11) is 0. The quantitative estimate of drug-likeness (QED) is 0.879. The zero-order valence-corrected chi connectivity index (χ0v) is 10.4. The van der Waals surface area contributed by atoms with E-state index in [-0.39, 0.29) is 5.91 Å². The highest BCUT2D eigenvalue weighted by molar-refractivity contribution is 7.07. The minimum atomic E-state index is -0.00778. The molecule has 1 saturated carbocycles. The molecule has 1 amide bonds. The number of nitrogens with one attached hydrogen (secondary N) is 1. The van der Waals surface area contributed by atoms with Gasteiger partial charge >= 0.3 is 0 Å². The maximum atomic E-state index is 11.9. The van der Waals surface area contributed by atoms with Crippen LogP contribution in [0.25, 0.3) is 0 Å². The Balaban J connectivity index is 1.95. The van der Waals surface area contributed by atoms with Crippen molar-refractivity contribution in [2.75, 3.05) is 0 Å². The number of carbonyl (C=O) groups excluding carboxylic acids is 1. The molecule has 0 spiro atoms. The van der Waals surface area contributed by atoms with Crippen LogP contribution >= 0.6 is 11.3 Å². The van der Waals surface area contributed by atoms with E-state index in [1.165, 1.54) is 30.6 Å². The molecule has 1 aliphatic rings. The second-order valence-corrected chi connectivity index (χ2v) is 5.13. The van der Waals surface area contributed by atoms with Crippen LogP contribution in [0.4, 0.5) is 0 Å². The van der Waals surface area contributed by atoms with Gasteiger partial charge in [-0.2, -0.15) is 0 Å². The van der Waals surface area contributed by atoms with E-state index in [0.717, 1.165) is 12.8 Å². The summed E-state index contributed by atoms with van der Waals surface area (Å²) in [5.74, 6) is 0.642. The van der Waals surface area contributed by atoms with E-state index in [1.807, 2.05) is 0 Å². The van der Waals surface area contributed by atoms with E-state index >= 15 is 0 Å². The number of hydrogen-bond acceptors (Lipinski definition) is 3. The van der Waals surface area contributed by atoms with E-state index < -0.39 is 0 Å². The lowest BCUT2D eigenvalue weighted by Gasteiger charge is -2.31. The molecule has 0 aliphatic heterocycles. The third-order valence-electron chi connectivity index (χ3n) is 3.41. The Morgan fingerprint density at radius 2 is 2.38 bits per heavy atom. The van der Waals surface area contributed by atoms with Gasteiger partial charge in [-0.05, 0) is 18.8 Å². The van der Waals surface area contributed by atoms with E-state index in [9.17, 15) is 4.79 Å². The molecule has 1 aromatic heterocycles. The highest BCUT2D eigenvalue weighted by Gasteiger charge is 2.25. The number of nitrogens with zero attached hydrogens (tertiary/aromatic N) is 1. The van der Waals surface area contributed by atoms with Crippen LogP contribution in [0.5, 0.6) is 0 Å². The van der Waals surface area contributed by atoms with Crippen molar-refractivity contribution >= 4 is 17.2 Å². The molecule has 0 saturated heterocycles. The first-order valence-electron chi connectivity index (χ1n) is 6.00. The molecule has 2 rings (SSSR count). The lowest BCUT2D eigenvalue weighted by atomic mass is 9.83. The summed E-state index contributed by atoms with van der Waals surface area (Å²) in [5.41, 5.74) is 2.26. The maximum absolute atomic E-state index is 11.9. The van der Waals surface area contributed by atoms with Crippen LogP contribution in [0.1, 0.15) is 49.5 Å². The number of amides is 1. The molecule has 1 heterocycles. The summed E-state index contributed by atoms with van der Waals surface area (Å²) in [4.78, 5) is 15.9. The average molecular weight is 238 g/mol. The predicted octanol–water partition coefficient (Wildman–Crippen LogP) is 2.84. The molecule has 4 heteroatoms. The van der Waals surface area contributed by atoms with Crippen LogP contribution in [0.2, 0.25) is 0 Å². The molecule has 1 fully saturated rings. The highest BCUT2D eigenvalue weighted by atomic mass is 32.1. The summed E-state index contributed by atoms with van der Waals surface area (Å²) in [6.45, 7) is 2.21. The predicted molar refractivity (Wildman–Crippen MR) is 65.6 cm³/mol. The molecule has 0 radical (unpaired) electrons. The molecule has 1 N–H and O–H groups in total. The first kappa shape index (κ1) is 11.6. The van der Waals surface area contributed by atoms with Gasteiger partial charge in [0.25, 0.3) is 5.91 Å². The van der Waals surface area contributed by atoms with Gasteiger partial charge in [-0.3, -0.25) is 4.79 Å². The number of hydrogen-bond donors (Lipinski definition) is 1. The first-order chi connectivity index (χ1) is 7.81. The van der Waals surface area contributed by atoms with Crippen molar-refractivity contribution in [3.63, 3.8) is 0 Å². The number of rotatable bonds is 3. The monoisotopic (exact) mass is 238 g/mol.